The maximum absolute atomic E-state index is 12.9. The van der Waals surface area contributed by atoms with Crippen LogP contribution in [-0.4, -0.2) is 25.5 Å². The Balaban J connectivity index is 2.78. The first kappa shape index (κ1) is 15.6. The molecule has 1 atom stereocenters. The van der Waals surface area contributed by atoms with Crippen molar-refractivity contribution in [3.05, 3.63) is 35.6 Å². The van der Waals surface area contributed by atoms with E-state index in [0.717, 1.165) is 6.07 Å². The molecule has 0 saturated carbocycles. The molecule has 0 amide bonds. The SMILES string of the molecule is CCCC(NS(=O)(=O)Cc1cccc(F)c1)C(=O)O. The standard InChI is InChI=1S/C12H16FNO4S/c1-2-4-11(12(15)16)14-19(17,18)8-9-5-3-6-10(13)7-9/h3,5-7,11,14H,2,4,8H2,1H3,(H,15,16). The summed E-state index contributed by atoms with van der Waals surface area (Å²) < 4.78 is 38.7. The number of carbonyl (C=O) groups is 1. The van der Waals surface area contributed by atoms with Gasteiger partial charge in [0.25, 0.3) is 0 Å². The fourth-order valence-electron chi connectivity index (χ4n) is 1.63. The van der Waals surface area contributed by atoms with Gasteiger partial charge in [0, 0.05) is 0 Å². The number of hydrogen-bond donors (Lipinski definition) is 2. The second-order valence-corrected chi connectivity index (χ2v) is 5.94. The Morgan fingerprint density at radius 3 is 2.68 bits per heavy atom. The Morgan fingerprint density at radius 2 is 2.16 bits per heavy atom. The molecule has 1 rings (SSSR count). The first-order valence-electron chi connectivity index (χ1n) is 5.81. The molecule has 5 nitrogen and oxygen atoms in total. The molecule has 1 aromatic carbocycles. The zero-order chi connectivity index (χ0) is 14.5. The molecule has 0 aromatic heterocycles. The molecule has 19 heavy (non-hydrogen) atoms. The van der Waals surface area contributed by atoms with E-state index in [1.807, 2.05) is 0 Å². The maximum Gasteiger partial charge on any atom is 0.321 e. The Bertz CT molecular complexity index is 544. The number of aliphatic carboxylic acids is 1. The number of benzene rings is 1. The topological polar surface area (TPSA) is 83.5 Å². The predicted molar refractivity (Wildman–Crippen MR) is 68.5 cm³/mol. The summed E-state index contributed by atoms with van der Waals surface area (Å²) in [4.78, 5) is 10.9. The molecule has 0 fully saturated rings. The van der Waals surface area contributed by atoms with Crippen molar-refractivity contribution in [2.45, 2.75) is 31.6 Å². The fourth-order valence-corrected chi connectivity index (χ4v) is 2.98. The number of rotatable bonds is 7. The smallest absolute Gasteiger partial charge is 0.321 e. The lowest BCUT2D eigenvalue weighted by molar-refractivity contribution is -0.139. The molecule has 0 radical (unpaired) electrons. The molecule has 0 bridgehead atoms. The van der Waals surface area contributed by atoms with Gasteiger partial charge in [0.15, 0.2) is 0 Å². The molecule has 0 aliphatic heterocycles. The summed E-state index contributed by atoms with van der Waals surface area (Å²) >= 11 is 0. The van der Waals surface area contributed by atoms with Crippen molar-refractivity contribution in [1.82, 2.24) is 4.72 Å². The van der Waals surface area contributed by atoms with E-state index in [0.29, 0.717) is 6.42 Å². The van der Waals surface area contributed by atoms with Crippen LogP contribution < -0.4 is 4.72 Å². The summed E-state index contributed by atoms with van der Waals surface area (Å²) in [6.07, 6.45) is 0.747. The third-order valence-electron chi connectivity index (χ3n) is 2.44. The van der Waals surface area contributed by atoms with E-state index >= 15 is 0 Å². The number of carboxylic acid groups (broad SMARTS) is 1. The van der Waals surface area contributed by atoms with Gasteiger partial charge in [-0.1, -0.05) is 25.5 Å². The van der Waals surface area contributed by atoms with Crippen molar-refractivity contribution in [3.8, 4) is 0 Å². The second-order valence-electron chi connectivity index (χ2n) is 4.19. The monoisotopic (exact) mass is 289 g/mol. The molecule has 1 unspecified atom stereocenters. The summed E-state index contributed by atoms with van der Waals surface area (Å²) in [5.74, 6) is -2.20. The molecule has 7 heteroatoms. The lowest BCUT2D eigenvalue weighted by Gasteiger charge is -2.13. The highest BCUT2D eigenvalue weighted by Gasteiger charge is 2.23. The number of nitrogens with one attached hydrogen (secondary N) is 1. The van der Waals surface area contributed by atoms with Gasteiger partial charge in [0.05, 0.1) is 5.75 Å². The zero-order valence-corrected chi connectivity index (χ0v) is 11.3. The van der Waals surface area contributed by atoms with E-state index in [9.17, 15) is 17.6 Å². The second kappa shape index (κ2) is 6.63. The molecular weight excluding hydrogens is 273 g/mol. The minimum atomic E-state index is -3.82. The Morgan fingerprint density at radius 1 is 1.47 bits per heavy atom. The van der Waals surface area contributed by atoms with Crippen molar-refractivity contribution in [2.75, 3.05) is 0 Å². The molecule has 106 valence electrons. The number of halogens is 1. The Kier molecular flexibility index (Phi) is 5.44. The summed E-state index contributed by atoms with van der Waals surface area (Å²) in [6, 6.07) is 4.04. The number of sulfonamides is 1. The number of hydrogen-bond acceptors (Lipinski definition) is 3. The molecule has 2 N–H and O–H groups in total. The van der Waals surface area contributed by atoms with Gasteiger partial charge >= 0.3 is 5.97 Å². The van der Waals surface area contributed by atoms with Gasteiger partial charge in [0.1, 0.15) is 11.9 Å². The average molecular weight is 289 g/mol. The summed E-state index contributed by atoms with van der Waals surface area (Å²) in [6.45, 7) is 1.76. The van der Waals surface area contributed by atoms with E-state index in [1.165, 1.54) is 18.2 Å². The van der Waals surface area contributed by atoms with Crippen LogP contribution in [0.1, 0.15) is 25.3 Å². The lowest BCUT2D eigenvalue weighted by atomic mass is 10.2. The van der Waals surface area contributed by atoms with Gasteiger partial charge in [-0.15, -0.1) is 0 Å². The van der Waals surface area contributed by atoms with Crippen LogP contribution in [0.2, 0.25) is 0 Å². The predicted octanol–water partition coefficient (Wildman–Crippen LogP) is 1.50. The van der Waals surface area contributed by atoms with Crippen molar-refractivity contribution in [3.63, 3.8) is 0 Å². The third kappa shape index (κ3) is 5.35. The third-order valence-corrected chi connectivity index (χ3v) is 3.80. The quantitative estimate of drug-likeness (QED) is 0.796. The Labute approximate surface area is 111 Å². The number of carboxylic acids is 1. The van der Waals surface area contributed by atoms with Gasteiger partial charge in [-0.25, -0.2) is 17.5 Å². The molecule has 1 aromatic rings. The minimum absolute atomic E-state index is 0.206. The van der Waals surface area contributed by atoms with E-state index in [1.54, 1.807) is 6.92 Å². The average Bonchev–Trinajstić information content (AvgIpc) is 2.27. The summed E-state index contributed by atoms with van der Waals surface area (Å²) in [5.41, 5.74) is 0.271. The lowest BCUT2D eigenvalue weighted by Crippen LogP contribution is -2.41. The van der Waals surface area contributed by atoms with E-state index in [4.69, 9.17) is 5.11 Å². The van der Waals surface area contributed by atoms with Gasteiger partial charge in [-0.05, 0) is 24.1 Å². The first-order chi connectivity index (χ1) is 8.84. The first-order valence-corrected chi connectivity index (χ1v) is 7.46. The largest absolute Gasteiger partial charge is 0.480 e. The van der Waals surface area contributed by atoms with Crippen LogP contribution in [0, 0.1) is 5.82 Å². The molecule has 0 aliphatic carbocycles. The van der Waals surface area contributed by atoms with E-state index in [-0.39, 0.29) is 12.0 Å². The van der Waals surface area contributed by atoms with Gasteiger partial charge < -0.3 is 5.11 Å². The van der Waals surface area contributed by atoms with Crippen LogP contribution in [0.4, 0.5) is 4.39 Å². The van der Waals surface area contributed by atoms with E-state index in [2.05, 4.69) is 4.72 Å². The zero-order valence-electron chi connectivity index (χ0n) is 10.5. The minimum Gasteiger partial charge on any atom is -0.480 e. The summed E-state index contributed by atoms with van der Waals surface area (Å²) in [5, 5.41) is 8.89. The van der Waals surface area contributed by atoms with Crippen LogP contribution in [0.3, 0.4) is 0 Å². The summed E-state index contributed by atoms with van der Waals surface area (Å²) in [7, 11) is -3.82. The van der Waals surface area contributed by atoms with Crippen LogP contribution in [0.25, 0.3) is 0 Å². The van der Waals surface area contributed by atoms with Gasteiger partial charge in [-0.3, -0.25) is 4.79 Å². The molecule has 0 aliphatic rings. The van der Waals surface area contributed by atoms with E-state index < -0.39 is 33.6 Å². The Hall–Kier alpha value is -1.47. The van der Waals surface area contributed by atoms with Crippen molar-refractivity contribution in [1.29, 1.82) is 0 Å². The van der Waals surface area contributed by atoms with Crippen LogP contribution in [0.15, 0.2) is 24.3 Å². The fraction of sp³-hybridized carbons (Fsp3) is 0.417. The molecular formula is C12H16FNO4S. The maximum atomic E-state index is 12.9. The van der Waals surface area contributed by atoms with Gasteiger partial charge in [0.2, 0.25) is 10.0 Å². The van der Waals surface area contributed by atoms with Crippen molar-refractivity contribution >= 4 is 16.0 Å². The van der Waals surface area contributed by atoms with Crippen molar-refractivity contribution in [2.24, 2.45) is 0 Å². The highest BCUT2D eigenvalue weighted by molar-refractivity contribution is 7.88. The highest BCUT2D eigenvalue weighted by atomic mass is 32.2. The molecule has 0 spiro atoms. The highest BCUT2D eigenvalue weighted by Crippen LogP contribution is 2.09. The van der Waals surface area contributed by atoms with Crippen LogP contribution in [-0.2, 0) is 20.6 Å². The van der Waals surface area contributed by atoms with Crippen LogP contribution in [0.5, 0.6) is 0 Å². The molecule has 0 saturated heterocycles. The normalized spacial score (nSPS) is 13.2. The van der Waals surface area contributed by atoms with Gasteiger partial charge in [-0.2, -0.15) is 0 Å². The van der Waals surface area contributed by atoms with Crippen molar-refractivity contribution < 1.29 is 22.7 Å². The molecule has 0 heterocycles. The van der Waals surface area contributed by atoms with Crippen LogP contribution >= 0.6 is 0 Å².